The summed E-state index contributed by atoms with van der Waals surface area (Å²) in [5, 5.41) is 12.7. The first kappa shape index (κ1) is 13.1. The second-order valence-electron chi connectivity index (χ2n) is 6.04. The Balaban J connectivity index is 1.93. The van der Waals surface area contributed by atoms with Crippen LogP contribution in [-0.2, 0) is 12.8 Å². The van der Waals surface area contributed by atoms with Gasteiger partial charge in [0.25, 0.3) is 0 Å². The van der Waals surface area contributed by atoms with E-state index in [0.717, 1.165) is 12.8 Å². The number of aliphatic hydroxyl groups is 1. The van der Waals surface area contributed by atoms with Crippen LogP contribution in [0.5, 0.6) is 0 Å². The Labute approximate surface area is 115 Å². The van der Waals surface area contributed by atoms with Crippen molar-refractivity contribution in [1.29, 1.82) is 0 Å². The monoisotopic (exact) mass is 260 g/mol. The average molecular weight is 260 g/mol. The van der Waals surface area contributed by atoms with Gasteiger partial charge in [0.2, 0.25) is 0 Å². The van der Waals surface area contributed by atoms with Crippen LogP contribution in [0.2, 0.25) is 0 Å². The van der Waals surface area contributed by atoms with E-state index in [1.807, 2.05) is 0 Å². The molecule has 0 heterocycles. The van der Waals surface area contributed by atoms with E-state index in [0.29, 0.717) is 24.9 Å². The van der Waals surface area contributed by atoms with E-state index < -0.39 is 0 Å². The van der Waals surface area contributed by atoms with Gasteiger partial charge in [0.1, 0.15) is 0 Å². The molecule has 0 saturated heterocycles. The van der Waals surface area contributed by atoms with Gasteiger partial charge in [-0.3, -0.25) is 0 Å². The van der Waals surface area contributed by atoms with E-state index in [1.165, 1.54) is 24.0 Å². The fraction of sp³-hybridized carbons (Fsp3) is 0.625. The van der Waals surface area contributed by atoms with Crippen LogP contribution in [0.1, 0.15) is 24.0 Å². The van der Waals surface area contributed by atoms with Gasteiger partial charge in [-0.1, -0.05) is 24.3 Å². The second kappa shape index (κ2) is 5.23. The maximum absolute atomic E-state index is 9.14. The van der Waals surface area contributed by atoms with Crippen molar-refractivity contribution in [2.24, 2.45) is 17.6 Å². The van der Waals surface area contributed by atoms with E-state index >= 15 is 0 Å². The maximum atomic E-state index is 9.14. The average Bonchev–Trinajstić information content (AvgIpc) is 2.68. The maximum Gasteiger partial charge on any atom is 0.0556 e. The summed E-state index contributed by atoms with van der Waals surface area (Å²) in [5.41, 5.74) is 9.19. The fourth-order valence-corrected chi connectivity index (χ4v) is 4.29. The van der Waals surface area contributed by atoms with Gasteiger partial charge in [0.05, 0.1) is 6.61 Å². The van der Waals surface area contributed by atoms with Crippen molar-refractivity contribution < 1.29 is 5.11 Å². The summed E-state index contributed by atoms with van der Waals surface area (Å²) in [5.74, 6) is 1.22. The third-order valence-corrected chi connectivity index (χ3v) is 5.28. The second-order valence-corrected chi connectivity index (χ2v) is 6.04. The number of nitrogens with two attached hydrogens (primary N) is 1. The number of nitrogens with one attached hydrogen (secondary N) is 1. The molecule has 2 aliphatic rings. The lowest BCUT2D eigenvalue weighted by Crippen LogP contribution is -2.59. The molecule has 2 aliphatic carbocycles. The number of hydrogen-bond donors (Lipinski definition) is 3. The SMILES string of the molecule is NCC1(NCCO)C2CCC1Cc1ccccc1C2. The molecule has 4 N–H and O–H groups in total. The minimum atomic E-state index is 0.0295. The summed E-state index contributed by atoms with van der Waals surface area (Å²) in [6.07, 6.45) is 4.77. The molecule has 3 rings (SSSR count). The number of fused-ring (bicyclic) bond motifs is 3. The summed E-state index contributed by atoms with van der Waals surface area (Å²) in [4.78, 5) is 0. The molecule has 1 saturated carbocycles. The molecule has 2 atom stereocenters. The fourth-order valence-electron chi connectivity index (χ4n) is 4.29. The Morgan fingerprint density at radius 3 is 2.21 bits per heavy atom. The van der Waals surface area contributed by atoms with Crippen molar-refractivity contribution in [2.75, 3.05) is 19.7 Å². The van der Waals surface area contributed by atoms with Gasteiger partial charge in [0, 0.05) is 18.6 Å². The van der Waals surface area contributed by atoms with Crippen LogP contribution in [0, 0.1) is 11.8 Å². The van der Waals surface area contributed by atoms with Crippen molar-refractivity contribution in [1.82, 2.24) is 5.32 Å². The number of hydrogen-bond acceptors (Lipinski definition) is 3. The first-order chi connectivity index (χ1) is 9.30. The zero-order valence-electron chi connectivity index (χ0n) is 11.4. The van der Waals surface area contributed by atoms with E-state index in [2.05, 4.69) is 29.6 Å². The zero-order valence-corrected chi connectivity index (χ0v) is 11.4. The lowest BCUT2D eigenvalue weighted by Gasteiger charge is -2.39. The van der Waals surface area contributed by atoms with E-state index in [9.17, 15) is 0 Å². The van der Waals surface area contributed by atoms with Crippen molar-refractivity contribution >= 4 is 0 Å². The van der Waals surface area contributed by atoms with Gasteiger partial charge >= 0.3 is 0 Å². The first-order valence-electron chi connectivity index (χ1n) is 7.43. The smallest absolute Gasteiger partial charge is 0.0556 e. The summed E-state index contributed by atoms with van der Waals surface area (Å²) in [7, 11) is 0. The highest BCUT2D eigenvalue weighted by atomic mass is 16.3. The summed E-state index contributed by atoms with van der Waals surface area (Å²) >= 11 is 0. The minimum absolute atomic E-state index is 0.0295. The highest BCUT2D eigenvalue weighted by Crippen LogP contribution is 2.46. The Morgan fingerprint density at radius 2 is 1.74 bits per heavy atom. The van der Waals surface area contributed by atoms with Crippen LogP contribution in [0.3, 0.4) is 0 Å². The predicted molar refractivity (Wildman–Crippen MR) is 76.9 cm³/mol. The predicted octanol–water partition coefficient (Wildman–Crippen LogP) is 1.09. The van der Waals surface area contributed by atoms with Crippen LogP contribution >= 0.6 is 0 Å². The first-order valence-corrected chi connectivity index (χ1v) is 7.43. The number of rotatable bonds is 4. The summed E-state index contributed by atoms with van der Waals surface area (Å²) < 4.78 is 0. The summed E-state index contributed by atoms with van der Waals surface area (Å²) in [6, 6.07) is 8.82. The highest BCUT2D eigenvalue weighted by Gasteiger charge is 2.50. The Bertz CT molecular complexity index is 413. The van der Waals surface area contributed by atoms with Crippen molar-refractivity contribution in [2.45, 2.75) is 31.2 Å². The summed E-state index contributed by atoms with van der Waals surface area (Å²) in [6.45, 7) is 1.52. The molecule has 104 valence electrons. The molecule has 1 aromatic carbocycles. The normalized spacial score (nSPS) is 32.9. The largest absolute Gasteiger partial charge is 0.395 e. The molecule has 0 spiro atoms. The van der Waals surface area contributed by atoms with Gasteiger partial charge in [-0.15, -0.1) is 0 Å². The van der Waals surface area contributed by atoms with E-state index in [1.54, 1.807) is 0 Å². The molecule has 19 heavy (non-hydrogen) atoms. The molecule has 1 aromatic rings. The van der Waals surface area contributed by atoms with Gasteiger partial charge in [0.15, 0.2) is 0 Å². The Morgan fingerprint density at radius 1 is 1.16 bits per heavy atom. The Hall–Kier alpha value is -0.900. The lowest BCUT2D eigenvalue weighted by atomic mass is 9.79. The minimum Gasteiger partial charge on any atom is -0.395 e. The van der Waals surface area contributed by atoms with Crippen molar-refractivity contribution in [3.05, 3.63) is 35.4 Å². The topological polar surface area (TPSA) is 58.3 Å². The molecule has 3 nitrogen and oxygen atoms in total. The van der Waals surface area contributed by atoms with Crippen LogP contribution in [-0.4, -0.2) is 30.3 Å². The quantitative estimate of drug-likeness (QED) is 0.759. The van der Waals surface area contributed by atoms with Crippen LogP contribution < -0.4 is 11.1 Å². The van der Waals surface area contributed by atoms with E-state index in [-0.39, 0.29) is 12.1 Å². The Kier molecular flexibility index (Phi) is 3.61. The number of aliphatic hydroxyl groups excluding tert-OH is 1. The molecule has 0 aromatic heterocycles. The molecule has 0 amide bonds. The van der Waals surface area contributed by atoms with Gasteiger partial charge in [-0.05, 0) is 48.6 Å². The van der Waals surface area contributed by atoms with Crippen molar-refractivity contribution in [3.63, 3.8) is 0 Å². The van der Waals surface area contributed by atoms with Crippen LogP contribution in [0.25, 0.3) is 0 Å². The molecule has 0 aliphatic heterocycles. The molecule has 2 unspecified atom stereocenters. The van der Waals surface area contributed by atoms with Gasteiger partial charge in [-0.2, -0.15) is 0 Å². The number of benzene rings is 1. The molecular weight excluding hydrogens is 236 g/mol. The molecule has 2 bridgehead atoms. The third-order valence-electron chi connectivity index (χ3n) is 5.28. The highest BCUT2D eigenvalue weighted by molar-refractivity contribution is 5.32. The van der Waals surface area contributed by atoms with Crippen LogP contribution in [0.4, 0.5) is 0 Å². The third kappa shape index (κ3) is 2.10. The standard InChI is InChI=1S/C16H24N2O/c17-11-16(18-7-8-19)14-5-6-15(16)10-13-4-2-1-3-12(13)9-14/h1-4,14-15,18-19H,5-11,17H2. The molecule has 3 heteroatoms. The molecule has 1 fully saturated rings. The number of β-amino-alcohol motifs (C(OH)–C–C–N with tert-alkyl or cyclic N) is 1. The zero-order chi connectivity index (χ0) is 13.3. The lowest BCUT2D eigenvalue weighted by molar-refractivity contribution is 0.175. The molecular formula is C16H24N2O. The van der Waals surface area contributed by atoms with E-state index in [4.69, 9.17) is 10.8 Å². The van der Waals surface area contributed by atoms with Gasteiger partial charge < -0.3 is 16.2 Å². The van der Waals surface area contributed by atoms with Crippen molar-refractivity contribution in [3.8, 4) is 0 Å². The molecule has 0 radical (unpaired) electrons. The van der Waals surface area contributed by atoms with Gasteiger partial charge in [-0.25, -0.2) is 0 Å². The van der Waals surface area contributed by atoms with Crippen LogP contribution in [0.15, 0.2) is 24.3 Å².